The summed E-state index contributed by atoms with van der Waals surface area (Å²) in [6, 6.07) is 1.55. The molecule has 0 atom stereocenters. The van der Waals surface area contributed by atoms with Gasteiger partial charge in [0.25, 0.3) is 0 Å². The zero-order valence-corrected chi connectivity index (χ0v) is 7.87. The highest BCUT2D eigenvalue weighted by molar-refractivity contribution is 6.23. The van der Waals surface area contributed by atoms with Crippen molar-refractivity contribution in [3.05, 3.63) is 35.3 Å². The predicted molar refractivity (Wildman–Crippen MR) is 50.4 cm³/mol. The number of furan rings is 1. The number of rotatable bonds is 2. The molecular formula is C11H10O3. The Morgan fingerprint density at radius 3 is 2.86 bits per heavy atom. The Hall–Kier alpha value is -1.64. The molecule has 0 radical (unpaired) electrons. The van der Waals surface area contributed by atoms with Crippen LogP contribution in [0.5, 0.6) is 0 Å². The van der Waals surface area contributed by atoms with Crippen LogP contribution in [0.25, 0.3) is 0 Å². The van der Waals surface area contributed by atoms with Gasteiger partial charge in [0.05, 0.1) is 11.8 Å². The molecule has 0 fully saturated rings. The van der Waals surface area contributed by atoms with Crippen LogP contribution in [-0.4, -0.2) is 11.6 Å². The lowest BCUT2D eigenvalue weighted by Gasteiger charge is -2.09. The average molecular weight is 190 g/mol. The largest absolute Gasteiger partial charge is 0.460 e. The molecule has 0 unspecified atom stereocenters. The highest BCUT2D eigenvalue weighted by atomic mass is 16.3. The Kier molecular flexibility index (Phi) is 2.08. The van der Waals surface area contributed by atoms with Crippen LogP contribution in [0.3, 0.4) is 0 Å². The van der Waals surface area contributed by atoms with E-state index >= 15 is 0 Å². The van der Waals surface area contributed by atoms with Crippen molar-refractivity contribution in [1.29, 1.82) is 0 Å². The van der Waals surface area contributed by atoms with E-state index in [-0.39, 0.29) is 17.3 Å². The first-order valence-corrected chi connectivity index (χ1v) is 4.61. The molecule has 3 heteroatoms. The maximum atomic E-state index is 11.7. The van der Waals surface area contributed by atoms with Crippen molar-refractivity contribution in [3.8, 4) is 0 Å². The minimum absolute atomic E-state index is 0.0739. The molecule has 1 aromatic heterocycles. The molecular weight excluding hydrogens is 180 g/mol. The summed E-state index contributed by atoms with van der Waals surface area (Å²) in [5.41, 5.74) is 0.993. The monoisotopic (exact) mass is 190 g/mol. The molecule has 0 amide bonds. The van der Waals surface area contributed by atoms with Crippen LogP contribution in [0, 0.1) is 0 Å². The quantitative estimate of drug-likeness (QED) is 0.719. The maximum Gasteiger partial charge on any atom is 0.222 e. The van der Waals surface area contributed by atoms with E-state index in [0.29, 0.717) is 17.6 Å². The minimum Gasteiger partial charge on any atom is -0.460 e. The first-order valence-electron chi connectivity index (χ1n) is 4.61. The van der Waals surface area contributed by atoms with Crippen molar-refractivity contribution < 1.29 is 14.0 Å². The zero-order valence-electron chi connectivity index (χ0n) is 7.87. The molecule has 2 rings (SSSR count). The third-order valence-electron chi connectivity index (χ3n) is 2.25. The number of carbonyl (C=O) groups is 2. The van der Waals surface area contributed by atoms with Crippen LogP contribution >= 0.6 is 0 Å². The molecule has 1 heterocycles. The van der Waals surface area contributed by atoms with E-state index in [1.165, 1.54) is 12.3 Å². The summed E-state index contributed by atoms with van der Waals surface area (Å²) in [5, 5.41) is 0. The van der Waals surface area contributed by atoms with Gasteiger partial charge in [-0.25, -0.2) is 0 Å². The topological polar surface area (TPSA) is 47.3 Å². The van der Waals surface area contributed by atoms with Gasteiger partial charge in [-0.15, -0.1) is 0 Å². The second kappa shape index (κ2) is 3.25. The summed E-state index contributed by atoms with van der Waals surface area (Å²) in [6.07, 6.45) is 4.27. The molecule has 0 spiro atoms. The van der Waals surface area contributed by atoms with E-state index < -0.39 is 0 Å². The minimum atomic E-state index is -0.201. The van der Waals surface area contributed by atoms with E-state index in [2.05, 4.69) is 0 Å². The number of hydrogen-bond donors (Lipinski definition) is 0. The third kappa shape index (κ3) is 1.21. The lowest BCUT2D eigenvalue weighted by molar-refractivity contribution is 0.0964. The van der Waals surface area contributed by atoms with E-state index in [4.69, 9.17) is 4.42 Å². The van der Waals surface area contributed by atoms with Crippen LogP contribution in [0.15, 0.2) is 28.4 Å². The molecule has 0 saturated carbocycles. The van der Waals surface area contributed by atoms with Crippen LogP contribution in [0.2, 0.25) is 0 Å². The fourth-order valence-electron chi connectivity index (χ4n) is 1.60. The van der Waals surface area contributed by atoms with Gasteiger partial charge in [0, 0.05) is 5.57 Å². The van der Waals surface area contributed by atoms with Crippen LogP contribution < -0.4 is 0 Å². The van der Waals surface area contributed by atoms with E-state index in [0.717, 1.165) is 6.42 Å². The van der Waals surface area contributed by atoms with Gasteiger partial charge >= 0.3 is 0 Å². The molecule has 1 aromatic rings. The Balaban J connectivity index is 2.44. The summed E-state index contributed by atoms with van der Waals surface area (Å²) in [6.45, 7) is 1.98. The summed E-state index contributed by atoms with van der Waals surface area (Å²) < 4.78 is 4.95. The van der Waals surface area contributed by atoms with Gasteiger partial charge in [-0.1, -0.05) is 13.3 Å². The van der Waals surface area contributed by atoms with Gasteiger partial charge in [0.2, 0.25) is 5.78 Å². The van der Waals surface area contributed by atoms with Crippen molar-refractivity contribution in [1.82, 2.24) is 0 Å². The van der Waals surface area contributed by atoms with Crippen LogP contribution in [0.4, 0.5) is 0 Å². The van der Waals surface area contributed by atoms with E-state index in [1.807, 2.05) is 6.92 Å². The molecule has 3 nitrogen and oxygen atoms in total. The van der Waals surface area contributed by atoms with Gasteiger partial charge < -0.3 is 4.42 Å². The summed E-state index contributed by atoms with van der Waals surface area (Å²) in [7, 11) is 0. The van der Waals surface area contributed by atoms with E-state index in [9.17, 15) is 9.59 Å². The fraction of sp³-hybridized carbons (Fsp3) is 0.273. The smallest absolute Gasteiger partial charge is 0.222 e. The summed E-state index contributed by atoms with van der Waals surface area (Å²) >= 11 is 0. The van der Waals surface area contributed by atoms with Crippen molar-refractivity contribution >= 4 is 11.6 Å². The molecule has 0 N–H and O–H groups in total. The number of carbonyl (C=O) groups excluding carboxylic acids is 2. The van der Waals surface area contributed by atoms with Crippen molar-refractivity contribution in [2.45, 2.75) is 19.8 Å². The number of ketones is 2. The Morgan fingerprint density at radius 2 is 2.14 bits per heavy atom. The molecule has 0 aromatic carbocycles. The van der Waals surface area contributed by atoms with E-state index in [1.54, 1.807) is 6.07 Å². The average Bonchev–Trinajstić information content (AvgIpc) is 2.63. The number of fused-ring (bicyclic) bond motifs is 1. The van der Waals surface area contributed by atoms with Crippen molar-refractivity contribution in [2.75, 3.05) is 0 Å². The Bertz CT molecular complexity index is 423. The van der Waals surface area contributed by atoms with Gasteiger partial charge in [-0.2, -0.15) is 0 Å². The lowest BCUT2D eigenvalue weighted by atomic mass is 9.93. The molecule has 72 valence electrons. The van der Waals surface area contributed by atoms with Gasteiger partial charge in [-0.05, 0) is 18.6 Å². The maximum absolute atomic E-state index is 11.7. The van der Waals surface area contributed by atoms with Crippen molar-refractivity contribution in [3.63, 3.8) is 0 Å². The number of hydrogen-bond acceptors (Lipinski definition) is 3. The number of Topliss-reactive ketones (excluding diaryl/α,β-unsaturated/α-hetero) is 1. The highest BCUT2D eigenvalue weighted by Gasteiger charge is 2.27. The highest BCUT2D eigenvalue weighted by Crippen LogP contribution is 2.24. The molecule has 1 aliphatic carbocycles. The fourth-order valence-corrected chi connectivity index (χ4v) is 1.60. The SMILES string of the molecule is CCCC1=CC(=O)c2occc2C1=O. The molecule has 14 heavy (non-hydrogen) atoms. The van der Waals surface area contributed by atoms with Crippen LogP contribution in [0.1, 0.15) is 40.7 Å². The van der Waals surface area contributed by atoms with Gasteiger partial charge in [0.15, 0.2) is 11.5 Å². The van der Waals surface area contributed by atoms with Gasteiger partial charge in [0.1, 0.15) is 0 Å². The molecule has 0 bridgehead atoms. The standard InChI is InChI=1S/C11H10O3/c1-2-3-7-6-9(12)11-8(10(7)13)4-5-14-11/h4-6H,2-3H2,1H3. The molecule has 0 aliphatic heterocycles. The van der Waals surface area contributed by atoms with Gasteiger partial charge in [-0.3, -0.25) is 9.59 Å². The lowest BCUT2D eigenvalue weighted by Crippen LogP contribution is -2.14. The predicted octanol–water partition coefficient (Wildman–Crippen LogP) is 2.39. The summed E-state index contributed by atoms with van der Waals surface area (Å²) in [4.78, 5) is 23.2. The van der Waals surface area contributed by atoms with Crippen LogP contribution in [-0.2, 0) is 0 Å². The Labute approximate surface area is 81.4 Å². The third-order valence-corrected chi connectivity index (χ3v) is 2.25. The van der Waals surface area contributed by atoms with Crippen molar-refractivity contribution in [2.24, 2.45) is 0 Å². The first kappa shape index (κ1) is 8.94. The molecule has 1 aliphatic rings. The second-order valence-electron chi connectivity index (χ2n) is 3.28. The normalized spacial score (nSPS) is 15.4. The number of allylic oxidation sites excluding steroid dienone is 2. The second-order valence-corrected chi connectivity index (χ2v) is 3.28. The Morgan fingerprint density at radius 1 is 1.36 bits per heavy atom. The first-order chi connectivity index (χ1) is 6.74. The summed E-state index contributed by atoms with van der Waals surface area (Å²) in [5.74, 6) is -0.0990. The zero-order chi connectivity index (χ0) is 10.1. The molecule has 0 saturated heterocycles.